The maximum atomic E-state index is 6.42. The van der Waals surface area contributed by atoms with Crippen molar-refractivity contribution in [2.24, 2.45) is 9.98 Å². The topological polar surface area (TPSA) is 61.6 Å². The van der Waals surface area contributed by atoms with Gasteiger partial charge in [-0.2, -0.15) is 0 Å². The summed E-state index contributed by atoms with van der Waals surface area (Å²) in [6.07, 6.45) is -0.345. The van der Waals surface area contributed by atoms with Crippen LogP contribution < -0.4 is 0 Å². The number of hydrogen-bond donors (Lipinski definition) is 0. The van der Waals surface area contributed by atoms with E-state index in [2.05, 4.69) is 84.9 Å². The van der Waals surface area contributed by atoms with Crippen molar-refractivity contribution >= 4 is 33.3 Å². The molecule has 0 spiro atoms. The summed E-state index contributed by atoms with van der Waals surface area (Å²) in [6.45, 7) is 4.93. The van der Waals surface area contributed by atoms with Gasteiger partial charge < -0.3 is 18.9 Å². The molecule has 0 bridgehead atoms. The molecule has 192 valence electrons. The lowest BCUT2D eigenvalue weighted by Gasteiger charge is -2.20. The van der Waals surface area contributed by atoms with Crippen LogP contribution in [0.3, 0.4) is 0 Å². The first-order valence-corrected chi connectivity index (χ1v) is 13.3. The van der Waals surface area contributed by atoms with E-state index in [1.54, 1.807) is 0 Å². The second kappa shape index (κ2) is 9.22. The molecule has 4 atom stereocenters. The fourth-order valence-corrected chi connectivity index (χ4v) is 5.48. The number of hydrogen-bond acceptors (Lipinski definition) is 6. The van der Waals surface area contributed by atoms with Crippen molar-refractivity contribution in [3.05, 3.63) is 96.1 Å². The molecule has 3 aliphatic heterocycles. The molecule has 0 N–H and O–H groups in total. The van der Waals surface area contributed by atoms with E-state index in [0.717, 1.165) is 11.1 Å². The molecule has 3 aliphatic rings. The molecular formula is C32H30N2O4. The first-order valence-electron chi connectivity index (χ1n) is 13.3. The third-order valence-corrected chi connectivity index (χ3v) is 7.82. The Balaban J connectivity index is 1.17. The van der Waals surface area contributed by atoms with Crippen LogP contribution in [0.15, 0.2) is 94.9 Å². The molecule has 0 radical (unpaired) electrons. The molecule has 0 aromatic heterocycles. The Bertz CT molecular complexity index is 1470. The quantitative estimate of drug-likeness (QED) is 0.308. The maximum absolute atomic E-state index is 6.42. The van der Waals surface area contributed by atoms with Crippen molar-refractivity contribution in [3.8, 4) is 0 Å². The Labute approximate surface area is 221 Å². The van der Waals surface area contributed by atoms with E-state index >= 15 is 0 Å². The van der Waals surface area contributed by atoms with Crippen LogP contribution in [-0.4, -0.2) is 43.0 Å². The molecule has 1 saturated heterocycles. The zero-order valence-corrected chi connectivity index (χ0v) is 21.5. The molecule has 0 aliphatic carbocycles. The lowest BCUT2D eigenvalue weighted by molar-refractivity contribution is -0.154. The number of fused-ring (bicyclic) bond motifs is 2. The van der Waals surface area contributed by atoms with Crippen molar-refractivity contribution in [1.82, 2.24) is 0 Å². The summed E-state index contributed by atoms with van der Waals surface area (Å²) in [6, 6.07) is 29.4. The second-order valence-electron chi connectivity index (χ2n) is 10.4. The zero-order valence-electron chi connectivity index (χ0n) is 21.5. The van der Waals surface area contributed by atoms with Crippen molar-refractivity contribution in [2.75, 3.05) is 13.2 Å². The largest absolute Gasteiger partial charge is 0.476 e. The predicted molar refractivity (Wildman–Crippen MR) is 149 cm³/mol. The average molecular weight is 507 g/mol. The van der Waals surface area contributed by atoms with Crippen LogP contribution in [0.2, 0.25) is 0 Å². The second-order valence-corrected chi connectivity index (χ2v) is 10.4. The summed E-state index contributed by atoms with van der Waals surface area (Å²) >= 11 is 0. The molecule has 3 heterocycles. The fraction of sp³-hybridized carbons (Fsp3) is 0.312. The first kappa shape index (κ1) is 23.4. The van der Waals surface area contributed by atoms with Crippen LogP contribution in [-0.2, 0) is 18.9 Å². The molecule has 6 nitrogen and oxygen atoms in total. The molecule has 0 saturated carbocycles. The van der Waals surface area contributed by atoms with Gasteiger partial charge in [-0.1, -0.05) is 79.7 Å². The molecule has 4 aromatic carbocycles. The van der Waals surface area contributed by atoms with Crippen LogP contribution in [0.4, 0.5) is 0 Å². The standard InChI is InChI=1S/C32H30N2O4/c1-3-32(2)37-28(30-33-26(18-35-30)24-14-12-20-8-4-6-10-22(20)16-24)29(38-32)31-34-27(19-36-31)25-15-13-21-9-5-7-11-23(21)17-25/h4-17,26-29H,3,18-19H2,1-2H3/t26-,27-,28-,29-/m0/s1. The van der Waals surface area contributed by atoms with Gasteiger partial charge >= 0.3 is 0 Å². The van der Waals surface area contributed by atoms with Crippen molar-refractivity contribution in [3.63, 3.8) is 0 Å². The highest BCUT2D eigenvalue weighted by Gasteiger charge is 2.52. The van der Waals surface area contributed by atoms with Gasteiger partial charge in [-0.05, 0) is 58.1 Å². The summed E-state index contributed by atoms with van der Waals surface area (Å²) < 4.78 is 25.1. The van der Waals surface area contributed by atoms with Gasteiger partial charge in [0.1, 0.15) is 25.3 Å². The van der Waals surface area contributed by atoms with Gasteiger partial charge in [-0.3, -0.25) is 0 Å². The zero-order chi connectivity index (χ0) is 25.7. The van der Waals surface area contributed by atoms with Crippen LogP contribution in [0.25, 0.3) is 21.5 Å². The van der Waals surface area contributed by atoms with Crippen LogP contribution in [0, 0.1) is 0 Å². The minimum Gasteiger partial charge on any atom is -0.476 e. The number of rotatable bonds is 5. The van der Waals surface area contributed by atoms with E-state index in [1.165, 1.54) is 21.5 Å². The Morgan fingerprint density at radius 2 is 1.11 bits per heavy atom. The Hall–Kier alpha value is -3.74. The van der Waals surface area contributed by atoms with Gasteiger partial charge in [0, 0.05) is 0 Å². The molecule has 38 heavy (non-hydrogen) atoms. The fourth-order valence-electron chi connectivity index (χ4n) is 5.48. The number of ether oxygens (including phenoxy) is 4. The van der Waals surface area contributed by atoms with Gasteiger partial charge in [0.2, 0.25) is 11.8 Å². The first-order chi connectivity index (χ1) is 18.6. The van der Waals surface area contributed by atoms with Gasteiger partial charge in [-0.25, -0.2) is 9.98 Å². The highest BCUT2D eigenvalue weighted by atomic mass is 16.8. The normalized spacial score (nSPS) is 26.3. The van der Waals surface area contributed by atoms with Gasteiger partial charge in [0.25, 0.3) is 0 Å². The summed E-state index contributed by atoms with van der Waals surface area (Å²) in [4.78, 5) is 9.92. The molecule has 7 rings (SSSR count). The van der Waals surface area contributed by atoms with Crippen molar-refractivity contribution in [2.45, 2.75) is 50.3 Å². The Morgan fingerprint density at radius 1 is 0.658 bits per heavy atom. The summed E-state index contributed by atoms with van der Waals surface area (Å²) in [7, 11) is 0. The van der Waals surface area contributed by atoms with E-state index in [9.17, 15) is 0 Å². The maximum Gasteiger partial charge on any atom is 0.217 e. The summed E-state index contributed by atoms with van der Waals surface area (Å²) in [5, 5.41) is 4.81. The van der Waals surface area contributed by atoms with Crippen molar-refractivity contribution < 1.29 is 18.9 Å². The van der Waals surface area contributed by atoms with Crippen molar-refractivity contribution in [1.29, 1.82) is 0 Å². The minimum absolute atomic E-state index is 0.0934. The van der Waals surface area contributed by atoms with Crippen LogP contribution >= 0.6 is 0 Å². The SMILES string of the molecule is CCC1(C)O[C@H](C2=N[C@H](c3ccc4ccccc4c3)CO2)[C@@H](C2=N[C@H](c3ccc4ccccc4c3)CO2)O1. The van der Waals surface area contributed by atoms with Crippen LogP contribution in [0.5, 0.6) is 0 Å². The average Bonchev–Trinajstić information content (AvgIpc) is 3.71. The third kappa shape index (κ3) is 4.14. The van der Waals surface area contributed by atoms with E-state index in [0.29, 0.717) is 31.4 Å². The molecule has 0 unspecified atom stereocenters. The minimum atomic E-state index is -0.769. The van der Waals surface area contributed by atoms with E-state index in [1.807, 2.05) is 13.8 Å². The van der Waals surface area contributed by atoms with E-state index in [-0.39, 0.29) is 12.1 Å². The molecular weight excluding hydrogens is 476 g/mol. The lowest BCUT2D eigenvalue weighted by Crippen LogP contribution is -2.37. The molecule has 6 heteroatoms. The highest BCUT2D eigenvalue weighted by Crippen LogP contribution is 2.38. The third-order valence-electron chi connectivity index (χ3n) is 7.82. The number of benzene rings is 4. The molecule has 4 aromatic rings. The molecule has 0 amide bonds. The predicted octanol–water partition coefficient (Wildman–Crippen LogP) is 6.54. The smallest absolute Gasteiger partial charge is 0.217 e. The number of aliphatic imine (C=N–C) groups is 2. The van der Waals surface area contributed by atoms with E-state index < -0.39 is 18.0 Å². The molecule has 1 fully saturated rings. The van der Waals surface area contributed by atoms with Gasteiger partial charge in [-0.15, -0.1) is 0 Å². The van der Waals surface area contributed by atoms with E-state index in [4.69, 9.17) is 28.9 Å². The van der Waals surface area contributed by atoms with Gasteiger partial charge in [0.15, 0.2) is 18.0 Å². The monoisotopic (exact) mass is 506 g/mol. The van der Waals surface area contributed by atoms with Gasteiger partial charge in [0.05, 0.1) is 0 Å². The Morgan fingerprint density at radius 3 is 1.55 bits per heavy atom. The summed E-state index contributed by atoms with van der Waals surface area (Å²) in [5.41, 5.74) is 2.25. The van der Waals surface area contributed by atoms with Crippen LogP contribution in [0.1, 0.15) is 43.5 Å². The number of nitrogens with zero attached hydrogens (tertiary/aromatic N) is 2. The summed E-state index contributed by atoms with van der Waals surface area (Å²) in [5.74, 6) is 0.325. The Kier molecular flexibility index (Phi) is 5.68. The lowest BCUT2D eigenvalue weighted by atomic mass is 10.0. The highest BCUT2D eigenvalue weighted by molar-refractivity contribution is 5.93.